The van der Waals surface area contributed by atoms with E-state index in [2.05, 4.69) is 4.98 Å². The van der Waals surface area contributed by atoms with Gasteiger partial charge in [0.2, 0.25) is 11.8 Å². The smallest absolute Gasteiger partial charge is 0.416 e. The molecule has 0 N–H and O–H groups in total. The van der Waals surface area contributed by atoms with Crippen LogP contribution in [-0.4, -0.2) is 35.0 Å². The highest BCUT2D eigenvalue weighted by atomic mass is 19.4. The number of aromatic nitrogens is 1. The third kappa shape index (κ3) is 3.90. The van der Waals surface area contributed by atoms with Crippen LogP contribution in [0.1, 0.15) is 32.8 Å². The predicted molar refractivity (Wildman–Crippen MR) is 74.3 cm³/mol. The number of amides is 1. The number of rotatable bonds is 2. The van der Waals surface area contributed by atoms with Gasteiger partial charge in [0, 0.05) is 30.6 Å². The lowest BCUT2D eigenvalue weighted by molar-refractivity contribution is -0.138. The van der Waals surface area contributed by atoms with Gasteiger partial charge in [-0.05, 0) is 6.07 Å². The molecule has 1 unspecified atom stereocenters. The highest BCUT2D eigenvalue weighted by molar-refractivity contribution is 5.81. The summed E-state index contributed by atoms with van der Waals surface area (Å²) < 4.78 is 43.4. The SMILES string of the molecule is CC(C)(C)C(=O)N1CCC(Oc2cc(C(F)(F)F)ccn2)C1. The first-order chi connectivity index (χ1) is 10.1. The zero-order valence-electron chi connectivity index (χ0n) is 12.8. The van der Waals surface area contributed by atoms with Gasteiger partial charge in [-0.15, -0.1) is 0 Å². The van der Waals surface area contributed by atoms with Crippen molar-refractivity contribution in [3.05, 3.63) is 23.9 Å². The molecule has 1 fully saturated rings. The molecule has 1 saturated heterocycles. The zero-order valence-corrected chi connectivity index (χ0v) is 12.8. The van der Waals surface area contributed by atoms with Crippen LogP contribution in [0.15, 0.2) is 18.3 Å². The summed E-state index contributed by atoms with van der Waals surface area (Å²) in [7, 11) is 0. The molecule has 1 aromatic rings. The first kappa shape index (κ1) is 16.6. The summed E-state index contributed by atoms with van der Waals surface area (Å²) in [6, 6.07) is 1.78. The quantitative estimate of drug-likeness (QED) is 0.842. The normalized spacial score (nSPS) is 19.4. The number of alkyl halides is 3. The van der Waals surface area contributed by atoms with Crippen LogP contribution >= 0.6 is 0 Å². The van der Waals surface area contributed by atoms with E-state index in [4.69, 9.17) is 4.74 Å². The Morgan fingerprint density at radius 1 is 1.36 bits per heavy atom. The Kier molecular flexibility index (Phi) is 4.35. The van der Waals surface area contributed by atoms with Crippen LogP contribution in [0.2, 0.25) is 0 Å². The van der Waals surface area contributed by atoms with Gasteiger partial charge in [0.15, 0.2) is 0 Å². The van der Waals surface area contributed by atoms with Crippen molar-refractivity contribution in [2.75, 3.05) is 13.1 Å². The molecule has 0 aliphatic carbocycles. The molecular formula is C15H19F3N2O2. The average molecular weight is 316 g/mol. The molecule has 0 radical (unpaired) electrons. The number of halogens is 3. The van der Waals surface area contributed by atoms with E-state index in [1.54, 1.807) is 4.90 Å². The molecule has 1 amide bonds. The predicted octanol–water partition coefficient (Wildman–Crippen LogP) is 3.13. The molecule has 4 nitrogen and oxygen atoms in total. The van der Waals surface area contributed by atoms with Crippen molar-refractivity contribution in [1.29, 1.82) is 0 Å². The van der Waals surface area contributed by atoms with E-state index in [9.17, 15) is 18.0 Å². The molecule has 0 aromatic carbocycles. The molecule has 1 aliphatic rings. The van der Waals surface area contributed by atoms with Gasteiger partial charge in [-0.1, -0.05) is 20.8 Å². The van der Waals surface area contributed by atoms with Crippen LogP contribution < -0.4 is 4.74 Å². The van der Waals surface area contributed by atoms with Gasteiger partial charge in [0.25, 0.3) is 0 Å². The van der Waals surface area contributed by atoms with Gasteiger partial charge in [-0.3, -0.25) is 4.79 Å². The average Bonchev–Trinajstić information content (AvgIpc) is 2.84. The Bertz CT molecular complexity index is 552. The zero-order chi connectivity index (χ0) is 16.5. The molecule has 122 valence electrons. The topological polar surface area (TPSA) is 42.4 Å². The maximum Gasteiger partial charge on any atom is 0.416 e. The van der Waals surface area contributed by atoms with Crippen LogP contribution in [-0.2, 0) is 11.0 Å². The second-order valence-corrected chi connectivity index (χ2v) is 6.41. The van der Waals surface area contributed by atoms with Crippen molar-refractivity contribution < 1.29 is 22.7 Å². The molecule has 22 heavy (non-hydrogen) atoms. The summed E-state index contributed by atoms with van der Waals surface area (Å²) in [5, 5.41) is 0. The third-order valence-electron chi connectivity index (χ3n) is 3.42. The largest absolute Gasteiger partial charge is 0.472 e. The summed E-state index contributed by atoms with van der Waals surface area (Å²) in [6.07, 6.45) is -3.10. The van der Waals surface area contributed by atoms with Crippen molar-refractivity contribution in [3.8, 4) is 5.88 Å². The fourth-order valence-electron chi connectivity index (χ4n) is 2.30. The molecule has 7 heteroatoms. The standard InChI is InChI=1S/C15H19F3N2O2/c1-14(2,3)13(21)20-7-5-11(9-20)22-12-8-10(4-6-19-12)15(16,17)18/h4,6,8,11H,5,7,9H2,1-3H3. The molecule has 0 saturated carbocycles. The first-order valence-corrected chi connectivity index (χ1v) is 7.06. The summed E-state index contributed by atoms with van der Waals surface area (Å²) >= 11 is 0. The Morgan fingerprint density at radius 2 is 2.05 bits per heavy atom. The van der Waals surface area contributed by atoms with Gasteiger partial charge >= 0.3 is 6.18 Å². The van der Waals surface area contributed by atoms with E-state index < -0.39 is 17.2 Å². The maximum atomic E-state index is 12.6. The number of nitrogens with zero attached hydrogens (tertiary/aromatic N) is 2. The number of ether oxygens (including phenoxy) is 1. The van der Waals surface area contributed by atoms with Crippen molar-refractivity contribution in [2.24, 2.45) is 5.41 Å². The minimum atomic E-state index is -4.43. The van der Waals surface area contributed by atoms with Crippen LogP contribution in [0.4, 0.5) is 13.2 Å². The Balaban J connectivity index is 2.00. The first-order valence-electron chi connectivity index (χ1n) is 7.06. The lowest BCUT2D eigenvalue weighted by atomic mass is 9.95. The van der Waals surface area contributed by atoms with Crippen molar-refractivity contribution in [1.82, 2.24) is 9.88 Å². The number of hydrogen-bond acceptors (Lipinski definition) is 3. The summed E-state index contributed by atoms with van der Waals surface area (Å²) in [5.41, 5.74) is -1.28. The van der Waals surface area contributed by atoms with Crippen LogP contribution in [0.25, 0.3) is 0 Å². The van der Waals surface area contributed by atoms with Crippen molar-refractivity contribution in [2.45, 2.75) is 39.5 Å². The van der Waals surface area contributed by atoms with Crippen LogP contribution in [0.3, 0.4) is 0 Å². The molecular weight excluding hydrogens is 297 g/mol. The van der Waals surface area contributed by atoms with Gasteiger partial charge in [-0.25, -0.2) is 4.98 Å². The third-order valence-corrected chi connectivity index (χ3v) is 3.42. The van der Waals surface area contributed by atoms with E-state index in [0.29, 0.717) is 19.5 Å². The van der Waals surface area contributed by atoms with Gasteiger partial charge in [-0.2, -0.15) is 13.2 Å². The lowest BCUT2D eigenvalue weighted by Crippen LogP contribution is -2.38. The van der Waals surface area contributed by atoms with Crippen LogP contribution in [0.5, 0.6) is 5.88 Å². The van der Waals surface area contributed by atoms with Gasteiger partial charge < -0.3 is 9.64 Å². The number of hydrogen-bond donors (Lipinski definition) is 0. The number of carbonyl (C=O) groups is 1. The highest BCUT2D eigenvalue weighted by Gasteiger charge is 2.34. The molecule has 1 aromatic heterocycles. The van der Waals surface area contributed by atoms with E-state index in [1.807, 2.05) is 20.8 Å². The van der Waals surface area contributed by atoms with Crippen LogP contribution in [0, 0.1) is 5.41 Å². The number of pyridine rings is 1. The molecule has 0 spiro atoms. The molecule has 2 rings (SSSR count). The van der Waals surface area contributed by atoms with Crippen molar-refractivity contribution >= 4 is 5.91 Å². The van der Waals surface area contributed by atoms with E-state index >= 15 is 0 Å². The molecule has 2 heterocycles. The maximum absolute atomic E-state index is 12.6. The fourth-order valence-corrected chi connectivity index (χ4v) is 2.30. The van der Waals surface area contributed by atoms with Gasteiger partial charge in [0.05, 0.1) is 12.1 Å². The highest BCUT2D eigenvalue weighted by Crippen LogP contribution is 2.31. The van der Waals surface area contributed by atoms with Gasteiger partial charge in [0.1, 0.15) is 6.10 Å². The summed E-state index contributed by atoms with van der Waals surface area (Å²) in [6.45, 7) is 6.40. The Labute approximate surface area is 127 Å². The number of carbonyl (C=O) groups excluding carboxylic acids is 1. The molecule has 1 aliphatic heterocycles. The Hall–Kier alpha value is -1.79. The number of likely N-dealkylation sites (tertiary alicyclic amines) is 1. The minimum absolute atomic E-state index is 0.00982. The van der Waals surface area contributed by atoms with E-state index in [1.165, 1.54) is 0 Å². The van der Waals surface area contributed by atoms with E-state index in [0.717, 1.165) is 18.3 Å². The fraction of sp³-hybridized carbons (Fsp3) is 0.600. The summed E-state index contributed by atoms with van der Waals surface area (Å²) in [4.78, 5) is 17.6. The summed E-state index contributed by atoms with van der Waals surface area (Å²) in [5.74, 6) is -0.0551. The van der Waals surface area contributed by atoms with Crippen molar-refractivity contribution in [3.63, 3.8) is 0 Å². The van der Waals surface area contributed by atoms with E-state index in [-0.39, 0.29) is 17.9 Å². The molecule has 0 bridgehead atoms. The second kappa shape index (κ2) is 5.78. The minimum Gasteiger partial charge on any atom is -0.472 e. The lowest BCUT2D eigenvalue weighted by Gasteiger charge is -2.25. The monoisotopic (exact) mass is 316 g/mol. The Morgan fingerprint density at radius 3 is 2.64 bits per heavy atom. The molecule has 1 atom stereocenters. The second-order valence-electron chi connectivity index (χ2n) is 6.41.